The Morgan fingerprint density at radius 1 is 1.12 bits per heavy atom. The molecule has 2 aromatic rings. The molecule has 2 aromatic carbocycles. The summed E-state index contributed by atoms with van der Waals surface area (Å²) >= 11 is 1.33. The van der Waals surface area contributed by atoms with Gasteiger partial charge in [0.05, 0.1) is 24.3 Å². The number of para-hydroxylation sites is 1. The molecular formula is C25H28N2O6S. The van der Waals surface area contributed by atoms with E-state index in [4.69, 9.17) is 18.9 Å². The van der Waals surface area contributed by atoms with Gasteiger partial charge in [0.2, 0.25) is 0 Å². The number of benzene rings is 2. The lowest BCUT2D eigenvalue weighted by molar-refractivity contribution is -0.145. The van der Waals surface area contributed by atoms with E-state index in [1.54, 1.807) is 43.2 Å². The standard InChI is InChI=1S/C25H28N2O6S/c1-4-32-23(28)17-33-20-12-11-18(15-21(20)31-3)16-22-24(29)27(13-8-14-30-2)25(34-22)26-19-9-6-5-7-10-19/h5-7,9-12,15-16H,4,8,13-14,17H2,1-3H3/b22-16-,26-25?. The minimum atomic E-state index is -0.456. The Hall–Kier alpha value is -3.30. The number of amidine groups is 1. The van der Waals surface area contributed by atoms with Gasteiger partial charge in [-0.05, 0) is 61.0 Å². The third-order valence-electron chi connectivity index (χ3n) is 4.74. The van der Waals surface area contributed by atoms with Crippen LogP contribution in [0.3, 0.4) is 0 Å². The summed E-state index contributed by atoms with van der Waals surface area (Å²) in [5, 5.41) is 0.625. The van der Waals surface area contributed by atoms with Crippen molar-refractivity contribution in [3.63, 3.8) is 0 Å². The van der Waals surface area contributed by atoms with Crippen LogP contribution in [0.1, 0.15) is 18.9 Å². The lowest BCUT2D eigenvalue weighted by atomic mass is 10.2. The molecule has 0 aromatic heterocycles. The van der Waals surface area contributed by atoms with Gasteiger partial charge in [-0.2, -0.15) is 0 Å². The van der Waals surface area contributed by atoms with Crippen molar-refractivity contribution >= 4 is 40.6 Å². The van der Waals surface area contributed by atoms with Crippen molar-refractivity contribution in [2.45, 2.75) is 13.3 Å². The maximum atomic E-state index is 13.2. The number of aliphatic imine (C=N–C) groups is 1. The van der Waals surface area contributed by atoms with Crippen molar-refractivity contribution in [2.75, 3.05) is 40.6 Å². The molecule has 1 fully saturated rings. The van der Waals surface area contributed by atoms with Gasteiger partial charge in [0.15, 0.2) is 23.3 Å². The molecule has 0 radical (unpaired) electrons. The highest BCUT2D eigenvalue weighted by Gasteiger charge is 2.33. The van der Waals surface area contributed by atoms with Gasteiger partial charge in [-0.15, -0.1) is 0 Å². The number of ether oxygens (including phenoxy) is 4. The molecule has 0 aliphatic carbocycles. The topological polar surface area (TPSA) is 86.7 Å². The number of amides is 1. The predicted molar refractivity (Wildman–Crippen MR) is 132 cm³/mol. The molecule has 34 heavy (non-hydrogen) atoms. The first-order valence-corrected chi connectivity index (χ1v) is 11.7. The fraction of sp³-hybridized carbons (Fsp3) is 0.320. The fourth-order valence-electron chi connectivity index (χ4n) is 3.15. The number of carbonyl (C=O) groups is 2. The van der Waals surface area contributed by atoms with E-state index in [2.05, 4.69) is 4.99 Å². The van der Waals surface area contributed by atoms with Gasteiger partial charge >= 0.3 is 5.97 Å². The quantitative estimate of drug-likeness (QED) is 0.267. The third kappa shape index (κ3) is 6.85. The van der Waals surface area contributed by atoms with Crippen molar-refractivity contribution in [3.8, 4) is 11.5 Å². The zero-order valence-electron chi connectivity index (χ0n) is 19.5. The SMILES string of the molecule is CCOC(=O)COc1ccc(/C=C2\SC(=Nc3ccccc3)N(CCCOC)C2=O)cc1OC. The molecular weight excluding hydrogens is 456 g/mol. The highest BCUT2D eigenvalue weighted by atomic mass is 32.2. The van der Waals surface area contributed by atoms with Gasteiger partial charge in [-0.3, -0.25) is 9.69 Å². The number of rotatable bonds is 11. The molecule has 3 rings (SSSR count). The highest BCUT2D eigenvalue weighted by molar-refractivity contribution is 8.18. The van der Waals surface area contributed by atoms with E-state index in [-0.39, 0.29) is 19.1 Å². The fourth-order valence-corrected chi connectivity index (χ4v) is 4.18. The van der Waals surface area contributed by atoms with E-state index in [0.717, 1.165) is 11.3 Å². The number of carbonyl (C=O) groups excluding carboxylic acids is 2. The second kappa shape index (κ2) is 12.8. The summed E-state index contributed by atoms with van der Waals surface area (Å²) < 4.78 is 20.9. The van der Waals surface area contributed by atoms with Gasteiger partial charge in [-0.1, -0.05) is 24.3 Å². The Labute approximate surface area is 203 Å². The Kier molecular flexibility index (Phi) is 9.54. The molecule has 180 valence electrons. The van der Waals surface area contributed by atoms with Gasteiger partial charge in [0, 0.05) is 20.3 Å². The maximum absolute atomic E-state index is 13.2. The van der Waals surface area contributed by atoms with Crippen LogP contribution in [0, 0.1) is 0 Å². The molecule has 0 saturated carbocycles. The highest BCUT2D eigenvalue weighted by Crippen LogP contribution is 2.36. The molecule has 0 spiro atoms. The van der Waals surface area contributed by atoms with Crippen LogP contribution in [0.5, 0.6) is 11.5 Å². The van der Waals surface area contributed by atoms with E-state index >= 15 is 0 Å². The van der Waals surface area contributed by atoms with Gasteiger partial charge in [-0.25, -0.2) is 9.79 Å². The van der Waals surface area contributed by atoms with Gasteiger partial charge in [0.1, 0.15) is 0 Å². The zero-order chi connectivity index (χ0) is 24.3. The number of esters is 1. The normalized spacial score (nSPS) is 15.7. The van der Waals surface area contributed by atoms with Crippen molar-refractivity contribution < 1.29 is 28.5 Å². The Bertz CT molecular complexity index is 1050. The van der Waals surface area contributed by atoms with Crippen molar-refractivity contribution in [1.82, 2.24) is 4.90 Å². The molecule has 1 aliphatic heterocycles. The first-order chi connectivity index (χ1) is 16.5. The summed E-state index contributed by atoms with van der Waals surface area (Å²) in [6, 6.07) is 14.8. The summed E-state index contributed by atoms with van der Waals surface area (Å²) in [5.41, 5.74) is 1.54. The molecule has 0 bridgehead atoms. The molecule has 1 amide bonds. The van der Waals surface area contributed by atoms with Crippen LogP contribution >= 0.6 is 11.8 Å². The smallest absolute Gasteiger partial charge is 0.344 e. The van der Waals surface area contributed by atoms with Crippen LogP contribution in [0.2, 0.25) is 0 Å². The average molecular weight is 485 g/mol. The van der Waals surface area contributed by atoms with E-state index < -0.39 is 5.97 Å². The van der Waals surface area contributed by atoms with Crippen LogP contribution in [-0.2, 0) is 19.1 Å². The number of thioether (sulfide) groups is 1. The third-order valence-corrected chi connectivity index (χ3v) is 5.74. The zero-order valence-corrected chi connectivity index (χ0v) is 20.3. The average Bonchev–Trinajstić information content (AvgIpc) is 3.13. The molecule has 0 unspecified atom stereocenters. The molecule has 0 N–H and O–H groups in total. The molecule has 8 nitrogen and oxygen atoms in total. The monoisotopic (exact) mass is 484 g/mol. The summed E-state index contributed by atoms with van der Waals surface area (Å²) in [5.74, 6) is 0.291. The lowest BCUT2D eigenvalue weighted by Gasteiger charge is -2.15. The second-order valence-corrected chi connectivity index (χ2v) is 8.16. The van der Waals surface area contributed by atoms with Crippen molar-refractivity contribution in [2.24, 2.45) is 4.99 Å². The predicted octanol–water partition coefficient (Wildman–Crippen LogP) is 4.28. The number of hydrogen-bond acceptors (Lipinski definition) is 8. The van der Waals surface area contributed by atoms with Crippen molar-refractivity contribution in [1.29, 1.82) is 0 Å². The molecule has 1 aliphatic rings. The van der Waals surface area contributed by atoms with E-state index in [1.165, 1.54) is 18.9 Å². The summed E-state index contributed by atoms with van der Waals surface area (Å²) in [6.45, 7) is 2.87. The van der Waals surface area contributed by atoms with Crippen LogP contribution in [0.4, 0.5) is 5.69 Å². The number of nitrogens with zero attached hydrogens (tertiary/aromatic N) is 2. The van der Waals surface area contributed by atoms with Gasteiger partial charge < -0.3 is 18.9 Å². The minimum absolute atomic E-state index is 0.114. The van der Waals surface area contributed by atoms with Crippen LogP contribution in [0.15, 0.2) is 58.4 Å². The van der Waals surface area contributed by atoms with Crippen LogP contribution < -0.4 is 9.47 Å². The van der Waals surface area contributed by atoms with Crippen LogP contribution in [0.25, 0.3) is 6.08 Å². The summed E-state index contributed by atoms with van der Waals surface area (Å²) in [7, 11) is 3.15. The second-order valence-electron chi connectivity index (χ2n) is 7.15. The maximum Gasteiger partial charge on any atom is 0.344 e. The molecule has 1 heterocycles. The van der Waals surface area contributed by atoms with Crippen LogP contribution in [-0.4, -0.2) is 62.5 Å². The Balaban J connectivity index is 1.82. The Morgan fingerprint density at radius 3 is 2.62 bits per heavy atom. The molecule has 9 heteroatoms. The van der Waals surface area contributed by atoms with Crippen molar-refractivity contribution in [3.05, 3.63) is 59.0 Å². The first-order valence-electron chi connectivity index (χ1n) is 10.9. The largest absolute Gasteiger partial charge is 0.493 e. The molecule has 0 atom stereocenters. The minimum Gasteiger partial charge on any atom is -0.493 e. The number of hydrogen-bond donors (Lipinski definition) is 0. The lowest BCUT2D eigenvalue weighted by Crippen LogP contribution is -2.30. The van der Waals surface area contributed by atoms with E-state index in [1.807, 2.05) is 30.3 Å². The van der Waals surface area contributed by atoms with Gasteiger partial charge in [0.25, 0.3) is 5.91 Å². The summed E-state index contributed by atoms with van der Waals surface area (Å²) in [6.07, 6.45) is 2.49. The molecule has 1 saturated heterocycles. The van der Waals surface area contributed by atoms with E-state index in [0.29, 0.717) is 41.1 Å². The summed E-state index contributed by atoms with van der Waals surface area (Å²) in [4.78, 5) is 31.7. The first kappa shape index (κ1) is 25.3. The Morgan fingerprint density at radius 2 is 1.91 bits per heavy atom. The van der Waals surface area contributed by atoms with E-state index in [9.17, 15) is 9.59 Å². The number of methoxy groups -OCH3 is 2.